The zero-order valence-electron chi connectivity index (χ0n) is 10.2. The summed E-state index contributed by atoms with van der Waals surface area (Å²) in [4.78, 5) is 2.41. The molecule has 1 fully saturated rings. The van der Waals surface area contributed by atoms with Gasteiger partial charge in [0.2, 0.25) is 0 Å². The van der Waals surface area contributed by atoms with Crippen molar-refractivity contribution in [1.29, 1.82) is 5.26 Å². The van der Waals surface area contributed by atoms with Crippen LogP contribution < -0.4 is 5.32 Å². The summed E-state index contributed by atoms with van der Waals surface area (Å²) in [6, 6.07) is 6.45. The van der Waals surface area contributed by atoms with Gasteiger partial charge in [-0.15, -0.1) is 0 Å². The maximum Gasteiger partial charge on any atom is 0.143 e. The van der Waals surface area contributed by atoms with Gasteiger partial charge in [0.05, 0.1) is 5.56 Å². The summed E-state index contributed by atoms with van der Waals surface area (Å²) in [5.41, 5.74) is 0.825. The van der Waals surface area contributed by atoms with Crippen molar-refractivity contribution in [3.63, 3.8) is 0 Å². The number of anilines is 1. The van der Waals surface area contributed by atoms with E-state index in [4.69, 9.17) is 5.26 Å². The molecule has 0 radical (unpaired) electrons. The number of benzene rings is 1. The van der Waals surface area contributed by atoms with E-state index in [-0.39, 0.29) is 5.56 Å². The van der Waals surface area contributed by atoms with Crippen LogP contribution in [0.4, 0.5) is 10.1 Å². The number of rotatable bonds is 4. The molecule has 0 spiro atoms. The molecule has 0 bridgehead atoms. The molecule has 0 amide bonds. The first-order chi connectivity index (χ1) is 8.79. The van der Waals surface area contributed by atoms with Gasteiger partial charge in [-0.1, -0.05) is 0 Å². The summed E-state index contributed by atoms with van der Waals surface area (Å²) in [6.07, 6.45) is 0. The van der Waals surface area contributed by atoms with Crippen LogP contribution in [0.3, 0.4) is 0 Å². The van der Waals surface area contributed by atoms with Crippen molar-refractivity contribution in [3.05, 3.63) is 29.6 Å². The highest BCUT2D eigenvalue weighted by Crippen LogP contribution is 2.14. The van der Waals surface area contributed by atoms with Crippen LogP contribution in [0.25, 0.3) is 0 Å². The molecule has 96 valence electrons. The third-order valence-corrected chi connectivity index (χ3v) is 3.89. The molecule has 0 saturated carbocycles. The first-order valence-corrected chi connectivity index (χ1v) is 7.18. The second-order valence-electron chi connectivity index (χ2n) is 4.19. The Morgan fingerprint density at radius 1 is 1.39 bits per heavy atom. The number of nitriles is 1. The van der Waals surface area contributed by atoms with Crippen molar-refractivity contribution < 1.29 is 4.39 Å². The Kier molecular flexibility index (Phi) is 4.85. The maximum atomic E-state index is 13.4. The van der Waals surface area contributed by atoms with Crippen LogP contribution >= 0.6 is 11.8 Å². The smallest absolute Gasteiger partial charge is 0.143 e. The van der Waals surface area contributed by atoms with Crippen LogP contribution in [-0.2, 0) is 0 Å². The van der Waals surface area contributed by atoms with Gasteiger partial charge < -0.3 is 5.32 Å². The molecule has 18 heavy (non-hydrogen) atoms. The van der Waals surface area contributed by atoms with E-state index in [1.807, 2.05) is 17.8 Å². The second kappa shape index (κ2) is 6.62. The van der Waals surface area contributed by atoms with Gasteiger partial charge >= 0.3 is 0 Å². The van der Waals surface area contributed by atoms with E-state index in [0.717, 1.165) is 31.9 Å². The minimum Gasteiger partial charge on any atom is -0.384 e. The molecule has 1 heterocycles. The Hall–Kier alpha value is -1.25. The fourth-order valence-corrected chi connectivity index (χ4v) is 2.88. The van der Waals surface area contributed by atoms with Crippen molar-refractivity contribution in [1.82, 2.24) is 4.90 Å². The normalized spacial score (nSPS) is 16.2. The largest absolute Gasteiger partial charge is 0.384 e. The van der Waals surface area contributed by atoms with Gasteiger partial charge in [0.1, 0.15) is 11.9 Å². The van der Waals surface area contributed by atoms with Crippen LogP contribution in [0.2, 0.25) is 0 Å². The molecule has 3 nitrogen and oxygen atoms in total. The Morgan fingerprint density at radius 3 is 2.83 bits per heavy atom. The fraction of sp³-hybridized carbons (Fsp3) is 0.462. The third-order valence-electron chi connectivity index (χ3n) is 2.95. The first-order valence-electron chi connectivity index (χ1n) is 6.03. The van der Waals surface area contributed by atoms with Gasteiger partial charge in [0.25, 0.3) is 0 Å². The van der Waals surface area contributed by atoms with E-state index >= 15 is 0 Å². The van der Waals surface area contributed by atoms with Crippen molar-refractivity contribution >= 4 is 17.4 Å². The van der Waals surface area contributed by atoms with Crippen LogP contribution in [-0.4, -0.2) is 42.6 Å². The summed E-state index contributed by atoms with van der Waals surface area (Å²) < 4.78 is 13.4. The molecule has 1 N–H and O–H groups in total. The summed E-state index contributed by atoms with van der Waals surface area (Å²) in [7, 11) is 0. The summed E-state index contributed by atoms with van der Waals surface area (Å²) >= 11 is 1.99. The number of nitrogens with zero attached hydrogens (tertiary/aromatic N) is 2. The predicted octanol–water partition coefficient (Wildman–Crippen LogP) is 2.16. The maximum absolute atomic E-state index is 13.4. The van der Waals surface area contributed by atoms with E-state index in [1.165, 1.54) is 23.6 Å². The number of hydrogen-bond donors (Lipinski definition) is 1. The standard InChI is InChI=1S/C13H16FN3S/c14-13-9-12(2-1-11(13)10-15)16-3-4-17-5-7-18-8-6-17/h1-2,9,16H,3-8H2. The molecule has 1 saturated heterocycles. The van der Waals surface area contributed by atoms with Gasteiger partial charge in [-0.2, -0.15) is 17.0 Å². The lowest BCUT2D eigenvalue weighted by atomic mass is 10.2. The highest BCUT2D eigenvalue weighted by Gasteiger charge is 2.09. The second-order valence-corrected chi connectivity index (χ2v) is 5.41. The van der Waals surface area contributed by atoms with Gasteiger partial charge in [0.15, 0.2) is 0 Å². The Labute approximate surface area is 111 Å². The molecule has 1 aliphatic heterocycles. The molecular weight excluding hydrogens is 249 g/mol. The number of thioether (sulfide) groups is 1. The van der Waals surface area contributed by atoms with Crippen molar-refractivity contribution in [2.24, 2.45) is 0 Å². The third kappa shape index (κ3) is 3.62. The van der Waals surface area contributed by atoms with Crippen molar-refractivity contribution in [2.45, 2.75) is 0 Å². The first kappa shape index (κ1) is 13.2. The fourth-order valence-electron chi connectivity index (χ4n) is 1.90. The highest BCUT2D eigenvalue weighted by molar-refractivity contribution is 7.99. The molecule has 1 aliphatic rings. The molecule has 1 aromatic rings. The van der Waals surface area contributed by atoms with E-state index in [2.05, 4.69) is 10.2 Å². The Morgan fingerprint density at radius 2 is 2.17 bits per heavy atom. The quantitative estimate of drug-likeness (QED) is 0.905. The Balaban J connectivity index is 1.79. The van der Waals surface area contributed by atoms with Gasteiger partial charge in [0, 0.05) is 43.4 Å². The molecule has 0 atom stereocenters. The van der Waals surface area contributed by atoms with Gasteiger partial charge in [-0.25, -0.2) is 4.39 Å². The number of halogens is 1. The average molecular weight is 265 g/mol. The minimum atomic E-state index is -0.461. The molecular formula is C13H16FN3S. The van der Waals surface area contributed by atoms with Crippen LogP contribution in [0.5, 0.6) is 0 Å². The number of hydrogen-bond acceptors (Lipinski definition) is 4. The van der Waals surface area contributed by atoms with E-state index in [1.54, 1.807) is 6.07 Å². The van der Waals surface area contributed by atoms with Crippen molar-refractivity contribution in [2.75, 3.05) is 43.0 Å². The summed E-state index contributed by atoms with van der Waals surface area (Å²) in [5, 5.41) is 11.8. The lowest BCUT2D eigenvalue weighted by Crippen LogP contribution is -2.36. The Bertz CT molecular complexity index is 438. The monoisotopic (exact) mass is 265 g/mol. The average Bonchev–Trinajstić information content (AvgIpc) is 2.40. The highest BCUT2D eigenvalue weighted by atomic mass is 32.2. The molecule has 5 heteroatoms. The summed E-state index contributed by atoms with van der Waals surface area (Å²) in [6.45, 7) is 4.04. The van der Waals surface area contributed by atoms with Gasteiger partial charge in [-0.05, 0) is 18.2 Å². The number of nitrogens with one attached hydrogen (secondary N) is 1. The minimum absolute atomic E-state index is 0.0913. The van der Waals surface area contributed by atoms with E-state index in [0.29, 0.717) is 0 Å². The van der Waals surface area contributed by atoms with Crippen LogP contribution in [0, 0.1) is 17.1 Å². The molecule has 0 aromatic heterocycles. The zero-order valence-corrected chi connectivity index (χ0v) is 11.0. The van der Waals surface area contributed by atoms with E-state index in [9.17, 15) is 4.39 Å². The van der Waals surface area contributed by atoms with Crippen molar-refractivity contribution in [3.8, 4) is 6.07 Å². The zero-order chi connectivity index (χ0) is 12.8. The molecule has 1 aromatic carbocycles. The topological polar surface area (TPSA) is 39.1 Å². The lowest BCUT2D eigenvalue weighted by Gasteiger charge is -2.26. The van der Waals surface area contributed by atoms with Crippen LogP contribution in [0.1, 0.15) is 5.56 Å². The van der Waals surface area contributed by atoms with Crippen LogP contribution in [0.15, 0.2) is 18.2 Å². The lowest BCUT2D eigenvalue weighted by molar-refractivity contribution is 0.314. The van der Waals surface area contributed by atoms with Gasteiger partial charge in [-0.3, -0.25) is 4.90 Å². The molecule has 0 aliphatic carbocycles. The molecule has 2 rings (SSSR count). The van der Waals surface area contributed by atoms with E-state index < -0.39 is 5.82 Å². The summed E-state index contributed by atoms with van der Waals surface area (Å²) in [5.74, 6) is 1.94. The SMILES string of the molecule is N#Cc1ccc(NCCN2CCSCC2)cc1F. The predicted molar refractivity (Wildman–Crippen MR) is 73.4 cm³/mol. The molecule has 0 unspecified atom stereocenters.